The highest BCUT2D eigenvalue weighted by atomic mass is 32.2. The molecule has 0 aromatic heterocycles. The average molecular weight is 349 g/mol. The van der Waals surface area contributed by atoms with Gasteiger partial charge in [-0.25, -0.2) is 0 Å². The fraction of sp³-hybridized carbons (Fsp3) is 0.0952. The number of nitrogens with two attached hydrogens (primary N) is 1. The highest BCUT2D eigenvalue weighted by molar-refractivity contribution is 7.98. The molecule has 0 saturated heterocycles. The Bertz CT molecular complexity index is 835. The number of amides is 1. The van der Waals surface area contributed by atoms with Crippen molar-refractivity contribution in [2.24, 2.45) is 5.73 Å². The molecule has 1 atom stereocenters. The van der Waals surface area contributed by atoms with Crippen LogP contribution in [0.25, 0.3) is 0 Å². The normalized spacial score (nSPS) is 13.2. The van der Waals surface area contributed by atoms with Gasteiger partial charge in [0.05, 0.1) is 0 Å². The van der Waals surface area contributed by atoms with Gasteiger partial charge in [0, 0.05) is 10.6 Å². The lowest BCUT2D eigenvalue weighted by atomic mass is 9.86. The zero-order valence-corrected chi connectivity index (χ0v) is 14.4. The fourth-order valence-electron chi connectivity index (χ4n) is 2.66. The predicted octanol–water partition coefficient (Wildman–Crippen LogP) is 3.70. The third kappa shape index (κ3) is 3.76. The number of hydrogen-bond donors (Lipinski definition) is 2. The van der Waals surface area contributed by atoms with Crippen LogP contribution in [-0.4, -0.2) is 11.0 Å². The molecule has 25 heavy (non-hydrogen) atoms. The van der Waals surface area contributed by atoms with E-state index in [1.807, 2.05) is 36.4 Å². The van der Waals surface area contributed by atoms with E-state index in [9.17, 15) is 9.90 Å². The van der Waals surface area contributed by atoms with Crippen LogP contribution in [0.1, 0.15) is 16.7 Å². The van der Waals surface area contributed by atoms with Crippen LogP contribution >= 0.6 is 11.8 Å². The maximum atomic E-state index is 12.0. The summed E-state index contributed by atoms with van der Waals surface area (Å²) in [6.45, 7) is 0. The van der Waals surface area contributed by atoms with E-state index in [2.05, 4.69) is 12.1 Å². The predicted molar refractivity (Wildman–Crippen MR) is 101 cm³/mol. The van der Waals surface area contributed by atoms with E-state index < -0.39 is 11.5 Å². The largest absolute Gasteiger partial charge is 0.372 e. The van der Waals surface area contributed by atoms with Gasteiger partial charge in [0.25, 0.3) is 5.91 Å². The molecule has 1 amide bonds. The van der Waals surface area contributed by atoms with Crippen molar-refractivity contribution in [2.75, 3.05) is 0 Å². The lowest BCUT2D eigenvalue weighted by Gasteiger charge is -2.25. The molecular weight excluding hydrogens is 330 g/mol. The van der Waals surface area contributed by atoms with Gasteiger partial charge in [-0.3, -0.25) is 4.79 Å². The molecule has 0 saturated carbocycles. The number of rotatable bonds is 6. The van der Waals surface area contributed by atoms with Crippen molar-refractivity contribution in [3.8, 4) is 0 Å². The summed E-state index contributed by atoms with van der Waals surface area (Å²) in [5, 5.41) is 10.9. The molecule has 0 radical (unpaired) electrons. The van der Waals surface area contributed by atoms with Crippen LogP contribution in [0, 0.1) is 0 Å². The van der Waals surface area contributed by atoms with Gasteiger partial charge in [-0.15, -0.1) is 11.8 Å². The maximum absolute atomic E-state index is 12.0. The van der Waals surface area contributed by atoms with Gasteiger partial charge in [0.2, 0.25) is 0 Å². The molecule has 3 rings (SSSR count). The number of carbonyl (C=O) groups is 1. The standard InChI is InChI=1S/C21H19NO2S/c22-20(23)21(24,17-9-5-2-6-10-17)18-11-13-19(14-12-18)25-15-16-7-3-1-4-8-16/h1-14,24H,15H2,(H2,22,23). The van der Waals surface area contributed by atoms with Crippen molar-refractivity contribution >= 4 is 17.7 Å². The molecule has 4 heteroatoms. The van der Waals surface area contributed by atoms with Crippen LogP contribution in [0.3, 0.4) is 0 Å². The van der Waals surface area contributed by atoms with E-state index in [0.29, 0.717) is 11.1 Å². The van der Waals surface area contributed by atoms with Gasteiger partial charge >= 0.3 is 0 Å². The van der Waals surface area contributed by atoms with Crippen LogP contribution in [0.15, 0.2) is 89.8 Å². The second kappa shape index (κ2) is 7.55. The lowest BCUT2D eigenvalue weighted by Crippen LogP contribution is -2.42. The van der Waals surface area contributed by atoms with E-state index in [-0.39, 0.29) is 0 Å². The molecule has 0 aliphatic rings. The average Bonchev–Trinajstić information content (AvgIpc) is 2.67. The molecule has 3 nitrogen and oxygen atoms in total. The van der Waals surface area contributed by atoms with Gasteiger partial charge in [-0.1, -0.05) is 72.8 Å². The summed E-state index contributed by atoms with van der Waals surface area (Å²) in [5.41, 5.74) is 5.86. The first-order valence-corrected chi connectivity index (χ1v) is 8.94. The van der Waals surface area contributed by atoms with Gasteiger partial charge in [-0.2, -0.15) is 0 Å². The monoisotopic (exact) mass is 349 g/mol. The quantitative estimate of drug-likeness (QED) is 0.667. The lowest BCUT2D eigenvalue weighted by molar-refractivity contribution is -0.133. The molecule has 0 spiro atoms. The Morgan fingerprint density at radius 1 is 0.840 bits per heavy atom. The number of benzene rings is 3. The number of thioether (sulfide) groups is 1. The second-order valence-electron chi connectivity index (χ2n) is 5.74. The number of hydrogen-bond acceptors (Lipinski definition) is 3. The molecule has 0 heterocycles. The molecule has 0 aliphatic carbocycles. The first-order valence-electron chi connectivity index (χ1n) is 7.96. The molecule has 0 fully saturated rings. The van der Waals surface area contributed by atoms with Crippen LogP contribution in [0.2, 0.25) is 0 Å². The second-order valence-corrected chi connectivity index (χ2v) is 6.79. The summed E-state index contributed by atoms with van der Waals surface area (Å²) >= 11 is 1.70. The molecule has 0 bridgehead atoms. The summed E-state index contributed by atoms with van der Waals surface area (Å²) in [4.78, 5) is 13.0. The topological polar surface area (TPSA) is 63.3 Å². The summed E-state index contributed by atoms with van der Waals surface area (Å²) in [6.07, 6.45) is 0. The highest BCUT2D eigenvalue weighted by Crippen LogP contribution is 2.31. The Kier molecular flexibility index (Phi) is 5.22. The summed E-state index contributed by atoms with van der Waals surface area (Å²) < 4.78 is 0. The smallest absolute Gasteiger partial charge is 0.258 e. The van der Waals surface area contributed by atoms with Crippen molar-refractivity contribution in [3.63, 3.8) is 0 Å². The number of aliphatic hydroxyl groups is 1. The molecule has 126 valence electrons. The Hall–Kier alpha value is -2.56. The van der Waals surface area contributed by atoms with Crippen LogP contribution < -0.4 is 5.73 Å². The van der Waals surface area contributed by atoms with E-state index in [0.717, 1.165) is 10.6 Å². The number of carbonyl (C=O) groups excluding carboxylic acids is 1. The van der Waals surface area contributed by atoms with Crippen molar-refractivity contribution in [2.45, 2.75) is 16.2 Å². The molecule has 3 aromatic carbocycles. The zero-order valence-electron chi connectivity index (χ0n) is 13.6. The van der Waals surface area contributed by atoms with E-state index in [1.165, 1.54) is 5.56 Å². The first kappa shape index (κ1) is 17.3. The Labute approximate surface area is 151 Å². The highest BCUT2D eigenvalue weighted by Gasteiger charge is 2.37. The van der Waals surface area contributed by atoms with Crippen molar-refractivity contribution in [1.82, 2.24) is 0 Å². The van der Waals surface area contributed by atoms with Crippen LogP contribution in [0.5, 0.6) is 0 Å². The fourth-order valence-corrected chi connectivity index (χ4v) is 3.52. The van der Waals surface area contributed by atoms with Gasteiger partial charge in [-0.05, 0) is 28.8 Å². The summed E-state index contributed by atoms with van der Waals surface area (Å²) in [7, 11) is 0. The van der Waals surface area contributed by atoms with Crippen LogP contribution in [0.4, 0.5) is 0 Å². The summed E-state index contributed by atoms with van der Waals surface area (Å²) in [5.74, 6) is 0.0715. The molecule has 3 aromatic rings. The summed E-state index contributed by atoms with van der Waals surface area (Å²) in [6, 6.07) is 26.3. The van der Waals surface area contributed by atoms with E-state index >= 15 is 0 Å². The van der Waals surface area contributed by atoms with Gasteiger partial charge < -0.3 is 10.8 Å². The molecule has 0 aliphatic heterocycles. The van der Waals surface area contributed by atoms with Crippen molar-refractivity contribution < 1.29 is 9.90 Å². The minimum Gasteiger partial charge on any atom is -0.372 e. The first-order chi connectivity index (χ1) is 12.1. The Morgan fingerprint density at radius 3 is 1.92 bits per heavy atom. The molecule has 3 N–H and O–H groups in total. The van der Waals surface area contributed by atoms with Crippen molar-refractivity contribution in [3.05, 3.63) is 102 Å². The zero-order chi connectivity index (χ0) is 17.7. The third-order valence-electron chi connectivity index (χ3n) is 4.07. The van der Waals surface area contributed by atoms with Crippen molar-refractivity contribution in [1.29, 1.82) is 0 Å². The molecule has 1 unspecified atom stereocenters. The van der Waals surface area contributed by atoms with Crippen LogP contribution in [-0.2, 0) is 16.1 Å². The Balaban J connectivity index is 1.81. The van der Waals surface area contributed by atoms with Gasteiger partial charge in [0.15, 0.2) is 5.60 Å². The number of primary amides is 1. The SMILES string of the molecule is NC(=O)C(O)(c1ccccc1)c1ccc(SCc2ccccc2)cc1. The Morgan fingerprint density at radius 2 is 1.36 bits per heavy atom. The third-order valence-corrected chi connectivity index (χ3v) is 5.15. The minimum atomic E-state index is -1.83. The minimum absolute atomic E-state index is 0.465. The maximum Gasteiger partial charge on any atom is 0.258 e. The van der Waals surface area contributed by atoms with E-state index in [1.54, 1.807) is 48.2 Å². The van der Waals surface area contributed by atoms with Gasteiger partial charge in [0.1, 0.15) is 0 Å². The molecular formula is C21H19NO2S. The van der Waals surface area contributed by atoms with E-state index in [4.69, 9.17) is 5.73 Å².